The van der Waals surface area contributed by atoms with E-state index in [4.69, 9.17) is 0 Å². The molecule has 0 saturated carbocycles. The number of nitrogens with zero attached hydrogens (tertiary/aromatic N) is 1. The molecule has 0 radical (unpaired) electrons. The molecule has 20 heavy (non-hydrogen) atoms. The summed E-state index contributed by atoms with van der Waals surface area (Å²) in [5.74, 6) is 0. The molecule has 2 aromatic carbocycles. The summed E-state index contributed by atoms with van der Waals surface area (Å²) >= 11 is 6.98. The minimum Gasteiger partial charge on any atom is -0.379 e. The molecule has 3 aromatic rings. The van der Waals surface area contributed by atoms with Crippen molar-refractivity contribution in [2.45, 2.75) is 6.54 Å². The molecule has 1 aromatic heterocycles. The Balaban J connectivity index is 1.90. The van der Waals surface area contributed by atoms with Crippen molar-refractivity contribution >= 4 is 48.3 Å². The number of benzene rings is 2. The number of pyridine rings is 1. The van der Waals surface area contributed by atoms with Crippen LogP contribution in [0.3, 0.4) is 0 Å². The normalized spacial score (nSPS) is 10.7. The van der Waals surface area contributed by atoms with Crippen LogP contribution in [0, 0.1) is 0 Å². The first-order chi connectivity index (χ1) is 9.74. The molecule has 0 unspecified atom stereocenters. The Kier molecular flexibility index (Phi) is 4.03. The third-order valence-electron chi connectivity index (χ3n) is 3.10. The molecule has 0 aliphatic rings. The predicted octanol–water partition coefficient (Wildman–Crippen LogP) is 5.37. The van der Waals surface area contributed by atoms with Crippen molar-refractivity contribution < 1.29 is 0 Å². The molecule has 4 heteroatoms. The fourth-order valence-corrected chi connectivity index (χ4v) is 3.01. The molecule has 0 aliphatic carbocycles. The van der Waals surface area contributed by atoms with Crippen LogP contribution in [0.4, 0.5) is 5.69 Å². The maximum atomic E-state index is 4.43. The fourth-order valence-electron chi connectivity index (χ4n) is 2.15. The Morgan fingerprint density at radius 2 is 1.65 bits per heavy atom. The number of halogens is 2. The second-order valence-corrected chi connectivity index (χ2v) is 6.11. The molecule has 0 spiro atoms. The first kappa shape index (κ1) is 13.6. The van der Waals surface area contributed by atoms with Crippen molar-refractivity contribution in [2.24, 2.45) is 0 Å². The number of hydrogen-bond acceptors (Lipinski definition) is 2. The van der Waals surface area contributed by atoms with Gasteiger partial charge in [-0.25, -0.2) is 4.98 Å². The van der Waals surface area contributed by atoms with Gasteiger partial charge in [0.05, 0.1) is 12.2 Å². The Hall–Kier alpha value is -1.39. The van der Waals surface area contributed by atoms with Gasteiger partial charge in [0.1, 0.15) is 4.60 Å². The number of nitrogens with one attached hydrogen (secondary N) is 1. The topological polar surface area (TPSA) is 24.9 Å². The molecule has 1 heterocycles. The lowest BCUT2D eigenvalue weighted by Crippen LogP contribution is -2.02. The first-order valence-electron chi connectivity index (χ1n) is 6.26. The van der Waals surface area contributed by atoms with Gasteiger partial charge in [-0.2, -0.15) is 0 Å². The van der Waals surface area contributed by atoms with Gasteiger partial charge >= 0.3 is 0 Å². The Labute approximate surface area is 134 Å². The third kappa shape index (κ3) is 2.86. The van der Waals surface area contributed by atoms with E-state index in [-0.39, 0.29) is 0 Å². The molecule has 2 nitrogen and oxygen atoms in total. The van der Waals surface area contributed by atoms with Crippen molar-refractivity contribution in [2.75, 3.05) is 5.32 Å². The molecule has 0 amide bonds. The zero-order chi connectivity index (χ0) is 13.9. The summed E-state index contributed by atoms with van der Waals surface area (Å²) in [6, 6.07) is 18.4. The summed E-state index contributed by atoms with van der Waals surface area (Å²) in [6.45, 7) is 0.699. The van der Waals surface area contributed by atoms with Crippen LogP contribution in [0.25, 0.3) is 10.8 Å². The summed E-state index contributed by atoms with van der Waals surface area (Å²) in [6.07, 6.45) is 0. The summed E-state index contributed by atoms with van der Waals surface area (Å²) in [4.78, 5) is 4.43. The van der Waals surface area contributed by atoms with Crippen LogP contribution in [-0.4, -0.2) is 4.98 Å². The van der Waals surface area contributed by atoms with Crippen LogP contribution >= 0.6 is 31.9 Å². The number of aromatic nitrogens is 1. The van der Waals surface area contributed by atoms with Crippen molar-refractivity contribution in [3.8, 4) is 0 Å². The van der Waals surface area contributed by atoms with E-state index in [0.717, 1.165) is 20.5 Å². The van der Waals surface area contributed by atoms with Crippen molar-refractivity contribution in [3.05, 3.63) is 69.4 Å². The van der Waals surface area contributed by atoms with Gasteiger partial charge in [0.25, 0.3) is 0 Å². The van der Waals surface area contributed by atoms with E-state index in [1.54, 1.807) is 0 Å². The van der Waals surface area contributed by atoms with Gasteiger partial charge in [-0.1, -0.05) is 46.3 Å². The SMILES string of the molecule is Brc1cccc(CNc2ccc(Br)c3ccccc23)n1. The lowest BCUT2D eigenvalue weighted by Gasteiger charge is -2.11. The molecular formula is C16H12Br2N2. The van der Waals surface area contributed by atoms with E-state index in [1.165, 1.54) is 10.8 Å². The lowest BCUT2D eigenvalue weighted by atomic mass is 10.1. The summed E-state index contributed by atoms with van der Waals surface area (Å²) in [5.41, 5.74) is 2.12. The van der Waals surface area contributed by atoms with Gasteiger partial charge < -0.3 is 5.32 Å². The van der Waals surface area contributed by atoms with E-state index in [1.807, 2.05) is 24.3 Å². The number of anilines is 1. The molecule has 0 aliphatic heterocycles. The highest BCUT2D eigenvalue weighted by atomic mass is 79.9. The Bertz CT molecular complexity index is 756. The molecule has 0 fully saturated rings. The van der Waals surface area contributed by atoms with Crippen LogP contribution in [0.2, 0.25) is 0 Å². The van der Waals surface area contributed by atoms with Crippen molar-refractivity contribution in [1.29, 1.82) is 0 Å². The van der Waals surface area contributed by atoms with Gasteiger partial charge in [-0.15, -0.1) is 0 Å². The molecule has 0 bridgehead atoms. The van der Waals surface area contributed by atoms with Crippen LogP contribution in [-0.2, 0) is 6.54 Å². The predicted molar refractivity (Wildman–Crippen MR) is 90.9 cm³/mol. The second-order valence-electron chi connectivity index (χ2n) is 4.45. The molecule has 100 valence electrons. The molecule has 3 rings (SSSR count). The Morgan fingerprint density at radius 3 is 2.45 bits per heavy atom. The largest absolute Gasteiger partial charge is 0.379 e. The summed E-state index contributed by atoms with van der Waals surface area (Å²) in [5, 5.41) is 5.87. The van der Waals surface area contributed by atoms with Crippen LogP contribution in [0.1, 0.15) is 5.69 Å². The minimum atomic E-state index is 0.699. The average molecular weight is 392 g/mol. The first-order valence-corrected chi connectivity index (χ1v) is 7.85. The smallest absolute Gasteiger partial charge is 0.106 e. The monoisotopic (exact) mass is 390 g/mol. The van der Waals surface area contributed by atoms with Gasteiger partial charge in [0, 0.05) is 15.5 Å². The number of hydrogen-bond donors (Lipinski definition) is 1. The van der Waals surface area contributed by atoms with E-state index >= 15 is 0 Å². The standard InChI is InChI=1S/C16H12Br2N2/c17-14-8-9-15(13-6-2-1-5-12(13)14)19-10-11-4-3-7-16(18)20-11/h1-9,19H,10H2. The van der Waals surface area contributed by atoms with Crippen molar-refractivity contribution in [1.82, 2.24) is 4.98 Å². The van der Waals surface area contributed by atoms with Crippen LogP contribution in [0.15, 0.2) is 63.7 Å². The van der Waals surface area contributed by atoms with Crippen LogP contribution in [0.5, 0.6) is 0 Å². The fraction of sp³-hybridized carbons (Fsp3) is 0.0625. The highest BCUT2D eigenvalue weighted by molar-refractivity contribution is 9.10. The number of fused-ring (bicyclic) bond motifs is 1. The molecule has 0 atom stereocenters. The maximum Gasteiger partial charge on any atom is 0.106 e. The highest BCUT2D eigenvalue weighted by Gasteiger charge is 2.04. The quantitative estimate of drug-likeness (QED) is 0.607. The van der Waals surface area contributed by atoms with Gasteiger partial charge in [-0.05, 0) is 45.6 Å². The Morgan fingerprint density at radius 1 is 0.850 bits per heavy atom. The molecule has 0 saturated heterocycles. The third-order valence-corrected chi connectivity index (χ3v) is 4.24. The van der Waals surface area contributed by atoms with E-state index in [0.29, 0.717) is 6.54 Å². The van der Waals surface area contributed by atoms with Crippen molar-refractivity contribution in [3.63, 3.8) is 0 Å². The van der Waals surface area contributed by atoms with Crippen LogP contribution < -0.4 is 5.32 Å². The van der Waals surface area contributed by atoms with E-state index in [2.05, 4.69) is 72.5 Å². The zero-order valence-corrected chi connectivity index (χ0v) is 13.8. The minimum absolute atomic E-state index is 0.699. The van der Waals surface area contributed by atoms with Gasteiger partial charge in [-0.3, -0.25) is 0 Å². The van der Waals surface area contributed by atoms with E-state index in [9.17, 15) is 0 Å². The number of rotatable bonds is 3. The summed E-state index contributed by atoms with van der Waals surface area (Å²) < 4.78 is 1.97. The second kappa shape index (κ2) is 5.94. The average Bonchev–Trinajstić information content (AvgIpc) is 2.47. The molecular weight excluding hydrogens is 380 g/mol. The van der Waals surface area contributed by atoms with Gasteiger partial charge in [0.15, 0.2) is 0 Å². The highest BCUT2D eigenvalue weighted by Crippen LogP contribution is 2.30. The maximum absolute atomic E-state index is 4.43. The van der Waals surface area contributed by atoms with Gasteiger partial charge in [0.2, 0.25) is 0 Å². The van der Waals surface area contributed by atoms with E-state index < -0.39 is 0 Å². The molecule has 1 N–H and O–H groups in total. The zero-order valence-electron chi connectivity index (χ0n) is 10.6. The summed E-state index contributed by atoms with van der Waals surface area (Å²) in [7, 11) is 0. The lowest BCUT2D eigenvalue weighted by molar-refractivity contribution is 1.03.